The lowest BCUT2D eigenvalue weighted by Gasteiger charge is -2.00. The summed E-state index contributed by atoms with van der Waals surface area (Å²) in [4.78, 5) is 0. The molecule has 0 radical (unpaired) electrons. The van der Waals surface area contributed by atoms with Crippen molar-refractivity contribution in [3.63, 3.8) is 0 Å². The molecule has 3 nitrogen and oxygen atoms in total. The third kappa shape index (κ3) is 3.46. The molecule has 1 aromatic heterocycles. The first-order valence-corrected chi connectivity index (χ1v) is 7.88. The topological polar surface area (TPSA) is 37.8 Å². The van der Waals surface area contributed by atoms with E-state index in [0.29, 0.717) is 0 Å². The van der Waals surface area contributed by atoms with Gasteiger partial charge in [-0.15, -0.1) is 10.2 Å². The second-order valence-electron chi connectivity index (χ2n) is 3.41. The van der Waals surface area contributed by atoms with Gasteiger partial charge >= 0.3 is 0 Å². The molecular formula is C11H11BrIN3S. The van der Waals surface area contributed by atoms with Gasteiger partial charge in [-0.3, -0.25) is 0 Å². The first kappa shape index (κ1) is 13.4. The fraction of sp³-hybridized carbons (Fsp3) is 0.273. The first-order chi connectivity index (χ1) is 8.20. The number of nitrogens with one attached hydrogen (secondary N) is 1. The van der Waals surface area contributed by atoms with Gasteiger partial charge in [-0.2, -0.15) is 0 Å². The fourth-order valence-corrected chi connectivity index (χ4v) is 3.30. The molecule has 0 aliphatic heterocycles. The van der Waals surface area contributed by atoms with E-state index < -0.39 is 0 Å². The van der Waals surface area contributed by atoms with Crippen molar-refractivity contribution in [2.24, 2.45) is 0 Å². The highest BCUT2D eigenvalue weighted by molar-refractivity contribution is 14.1. The highest BCUT2D eigenvalue weighted by Gasteiger charge is 2.10. The van der Waals surface area contributed by atoms with E-state index in [1.165, 1.54) is 3.57 Å². The fourth-order valence-electron chi connectivity index (χ4n) is 1.33. The molecule has 0 fully saturated rings. The monoisotopic (exact) mass is 423 g/mol. The maximum atomic E-state index is 4.24. The van der Waals surface area contributed by atoms with Crippen molar-refractivity contribution in [2.45, 2.75) is 13.5 Å². The summed E-state index contributed by atoms with van der Waals surface area (Å²) in [6.07, 6.45) is 0. The number of rotatable bonds is 4. The molecule has 0 saturated heterocycles. The molecule has 1 N–H and O–H groups in total. The molecule has 1 aromatic carbocycles. The van der Waals surface area contributed by atoms with Crippen LogP contribution in [0.4, 0.5) is 0 Å². The van der Waals surface area contributed by atoms with Crippen molar-refractivity contribution >= 4 is 49.9 Å². The number of aromatic nitrogens is 2. The van der Waals surface area contributed by atoms with E-state index in [0.717, 1.165) is 33.1 Å². The maximum absolute atomic E-state index is 4.24. The Hall–Kier alpha value is -0.0500. The lowest BCUT2D eigenvalue weighted by molar-refractivity contribution is 0.715. The quantitative estimate of drug-likeness (QED) is 0.762. The Balaban J connectivity index is 2.27. The summed E-state index contributed by atoms with van der Waals surface area (Å²) in [5, 5.41) is 13.7. The second kappa shape index (κ2) is 6.21. The largest absolute Gasteiger partial charge is 0.311 e. The molecule has 0 aliphatic carbocycles. The molecule has 0 bridgehead atoms. The lowest BCUT2D eigenvalue weighted by Crippen LogP contribution is -2.11. The van der Waals surface area contributed by atoms with E-state index in [1.54, 1.807) is 11.3 Å². The van der Waals surface area contributed by atoms with Crippen LogP contribution in [0.5, 0.6) is 0 Å². The molecule has 0 spiro atoms. The van der Waals surface area contributed by atoms with Crippen LogP contribution in [0.3, 0.4) is 0 Å². The Kier molecular flexibility index (Phi) is 4.89. The maximum Gasteiger partial charge on any atom is 0.148 e. The van der Waals surface area contributed by atoms with Crippen LogP contribution in [0, 0.1) is 3.57 Å². The van der Waals surface area contributed by atoms with E-state index >= 15 is 0 Å². The van der Waals surface area contributed by atoms with Crippen LogP contribution in [0.15, 0.2) is 22.7 Å². The zero-order chi connectivity index (χ0) is 12.3. The van der Waals surface area contributed by atoms with Crippen LogP contribution >= 0.6 is 49.9 Å². The van der Waals surface area contributed by atoms with E-state index in [9.17, 15) is 0 Å². The summed E-state index contributed by atoms with van der Waals surface area (Å²) >= 11 is 7.44. The van der Waals surface area contributed by atoms with Gasteiger partial charge in [0.15, 0.2) is 0 Å². The SMILES string of the molecule is CCNCc1nnc(-c2cc(Br)ccc2I)s1. The Bertz CT molecular complexity index is 515. The van der Waals surface area contributed by atoms with Gasteiger partial charge in [0.25, 0.3) is 0 Å². The van der Waals surface area contributed by atoms with Crippen LogP contribution in [0.2, 0.25) is 0 Å². The minimum absolute atomic E-state index is 0.790. The third-order valence-corrected chi connectivity index (χ3v) is 4.54. The zero-order valence-corrected chi connectivity index (χ0v) is 13.8. The van der Waals surface area contributed by atoms with Gasteiger partial charge in [-0.25, -0.2) is 0 Å². The van der Waals surface area contributed by atoms with Gasteiger partial charge in [-0.05, 0) is 47.3 Å². The Morgan fingerprint density at radius 1 is 1.41 bits per heavy atom. The molecule has 90 valence electrons. The van der Waals surface area contributed by atoms with E-state index in [4.69, 9.17) is 0 Å². The normalized spacial score (nSPS) is 10.8. The van der Waals surface area contributed by atoms with Gasteiger partial charge in [0.2, 0.25) is 0 Å². The standard InChI is InChI=1S/C11H11BrIN3S/c1-2-14-6-10-15-16-11(17-10)8-5-7(12)3-4-9(8)13/h3-5,14H,2,6H2,1H3. The zero-order valence-electron chi connectivity index (χ0n) is 9.20. The van der Waals surface area contributed by atoms with Crippen LogP contribution in [0.25, 0.3) is 10.6 Å². The molecule has 2 rings (SSSR count). The summed E-state index contributed by atoms with van der Waals surface area (Å²) in [5.41, 5.74) is 1.14. The van der Waals surface area contributed by atoms with Crippen molar-refractivity contribution in [1.29, 1.82) is 0 Å². The van der Waals surface area contributed by atoms with Gasteiger partial charge in [0.1, 0.15) is 10.0 Å². The average Bonchev–Trinajstić information content (AvgIpc) is 2.78. The number of benzene rings is 1. The molecule has 0 amide bonds. The molecule has 17 heavy (non-hydrogen) atoms. The smallest absolute Gasteiger partial charge is 0.148 e. The summed E-state index contributed by atoms with van der Waals surface area (Å²) in [6, 6.07) is 6.19. The average molecular weight is 424 g/mol. The van der Waals surface area contributed by atoms with E-state index in [1.807, 2.05) is 6.07 Å². The Morgan fingerprint density at radius 3 is 3.00 bits per heavy atom. The molecular weight excluding hydrogens is 413 g/mol. The van der Waals surface area contributed by atoms with Crippen molar-refractivity contribution in [1.82, 2.24) is 15.5 Å². The molecule has 0 aliphatic rings. The molecule has 0 atom stereocenters. The van der Waals surface area contributed by atoms with Crippen molar-refractivity contribution in [3.05, 3.63) is 31.2 Å². The van der Waals surface area contributed by atoms with Crippen LogP contribution < -0.4 is 5.32 Å². The first-order valence-electron chi connectivity index (χ1n) is 5.19. The van der Waals surface area contributed by atoms with Crippen molar-refractivity contribution in [3.8, 4) is 10.6 Å². The predicted molar refractivity (Wildman–Crippen MR) is 83.1 cm³/mol. The number of hydrogen-bond acceptors (Lipinski definition) is 4. The molecule has 1 heterocycles. The Morgan fingerprint density at radius 2 is 2.24 bits per heavy atom. The van der Waals surface area contributed by atoms with Gasteiger partial charge in [-0.1, -0.05) is 34.2 Å². The Labute approximate surface area is 126 Å². The lowest BCUT2D eigenvalue weighted by atomic mass is 10.2. The number of nitrogens with zero attached hydrogens (tertiary/aromatic N) is 2. The summed E-state index contributed by atoms with van der Waals surface area (Å²) in [7, 11) is 0. The van der Waals surface area contributed by atoms with Gasteiger partial charge in [0, 0.05) is 20.2 Å². The number of hydrogen-bond donors (Lipinski definition) is 1. The molecule has 6 heteroatoms. The van der Waals surface area contributed by atoms with Crippen LogP contribution in [-0.2, 0) is 6.54 Å². The second-order valence-corrected chi connectivity index (χ2v) is 6.55. The minimum atomic E-state index is 0.790. The summed E-state index contributed by atoms with van der Waals surface area (Å²) < 4.78 is 2.26. The van der Waals surface area contributed by atoms with E-state index in [-0.39, 0.29) is 0 Å². The molecule has 0 unspecified atom stereocenters. The third-order valence-electron chi connectivity index (χ3n) is 2.15. The minimum Gasteiger partial charge on any atom is -0.311 e. The van der Waals surface area contributed by atoms with Crippen LogP contribution in [-0.4, -0.2) is 16.7 Å². The molecule has 0 saturated carbocycles. The number of halogens is 2. The molecule has 2 aromatic rings. The highest BCUT2D eigenvalue weighted by atomic mass is 127. The van der Waals surface area contributed by atoms with Crippen molar-refractivity contribution in [2.75, 3.05) is 6.54 Å². The van der Waals surface area contributed by atoms with Gasteiger partial charge < -0.3 is 5.32 Å². The highest BCUT2D eigenvalue weighted by Crippen LogP contribution is 2.30. The van der Waals surface area contributed by atoms with Crippen molar-refractivity contribution < 1.29 is 0 Å². The van der Waals surface area contributed by atoms with Gasteiger partial charge in [0.05, 0.1) is 0 Å². The van der Waals surface area contributed by atoms with E-state index in [2.05, 4.69) is 73.1 Å². The predicted octanol–water partition coefficient (Wildman–Crippen LogP) is 3.68. The summed E-state index contributed by atoms with van der Waals surface area (Å²) in [6.45, 7) is 3.82. The van der Waals surface area contributed by atoms with Crippen LogP contribution in [0.1, 0.15) is 11.9 Å². The summed E-state index contributed by atoms with van der Waals surface area (Å²) in [5.74, 6) is 0.